The van der Waals surface area contributed by atoms with Crippen molar-refractivity contribution in [2.75, 3.05) is 0 Å². The van der Waals surface area contributed by atoms with E-state index in [1.807, 2.05) is 18.2 Å². The van der Waals surface area contributed by atoms with Crippen LogP contribution in [0.15, 0.2) is 47.9 Å². The maximum atomic E-state index is 11.8. The Morgan fingerprint density at radius 3 is 2.84 bits per heavy atom. The standard InChI is InChI=1S/C13H12N4O2/c18-13(16-8-11-3-1-2-6-14-11)10-4-5-12(9-17-19)15-7-10/h1-7,9,19H,8H2,(H,16,18)/b17-9+. The summed E-state index contributed by atoms with van der Waals surface area (Å²) in [5, 5.41) is 14.0. The van der Waals surface area contributed by atoms with E-state index in [1.54, 1.807) is 18.3 Å². The third-order valence-corrected chi connectivity index (χ3v) is 2.39. The van der Waals surface area contributed by atoms with E-state index in [-0.39, 0.29) is 5.91 Å². The van der Waals surface area contributed by atoms with Crippen molar-refractivity contribution in [3.63, 3.8) is 0 Å². The Labute approximate surface area is 109 Å². The number of hydrogen-bond acceptors (Lipinski definition) is 5. The van der Waals surface area contributed by atoms with Gasteiger partial charge in [-0.3, -0.25) is 14.8 Å². The zero-order valence-electron chi connectivity index (χ0n) is 10.0. The molecular weight excluding hydrogens is 244 g/mol. The van der Waals surface area contributed by atoms with Gasteiger partial charge in [0.05, 0.1) is 29.7 Å². The zero-order chi connectivity index (χ0) is 13.5. The third kappa shape index (κ3) is 3.60. The lowest BCUT2D eigenvalue weighted by atomic mass is 10.2. The highest BCUT2D eigenvalue weighted by atomic mass is 16.4. The minimum Gasteiger partial charge on any atom is -0.411 e. The Hall–Kier alpha value is -2.76. The Morgan fingerprint density at radius 2 is 2.21 bits per heavy atom. The highest BCUT2D eigenvalue weighted by molar-refractivity contribution is 5.94. The number of pyridine rings is 2. The number of rotatable bonds is 4. The summed E-state index contributed by atoms with van der Waals surface area (Å²) < 4.78 is 0. The second-order valence-electron chi connectivity index (χ2n) is 3.72. The topological polar surface area (TPSA) is 87.5 Å². The SMILES string of the molecule is O=C(NCc1ccccn1)c1ccc(/C=N/O)nc1. The second-order valence-corrected chi connectivity index (χ2v) is 3.72. The Bertz CT molecular complexity index is 567. The highest BCUT2D eigenvalue weighted by Crippen LogP contribution is 2.00. The largest absolute Gasteiger partial charge is 0.411 e. The minimum atomic E-state index is -0.231. The summed E-state index contributed by atoms with van der Waals surface area (Å²) in [5.74, 6) is -0.231. The van der Waals surface area contributed by atoms with Crippen LogP contribution in [0.5, 0.6) is 0 Å². The van der Waals surface area contributed by atoms with Crippen molar-refractivity contribution in [1.29, 1.82) is 0 Å². The van der Waals surface area contributed by atoms with Crippen molar-refractivity contribution >= 4 is 12.1 Å². The van der Waals surface area contributed by atoms with Gasteiger partial charge in [0.1, 0.15) is 0 Å². The van der Waals surface area contributed by atoms with E-state index in [0.717, 1.165) is 5.69 Å². The predicted molar refractivity (Wildman–Crippen MR) is 69.0 cm³/mol. The molecule has 0 saturated heterocycles. The molecule has 0 bridgehead atoms. The Kier molecular flexibility index (Phi) is 4.17. The van der Waals surface area contributed by atoms with Crippen molar-refractivity contribution in [1.82, 2.24) is 15.3 Å². The molecule has 1 amide bonds. The lowest BCUT2D eigenvalue weighted by molar-refractivity contribution is 0.0950. The monoisotopic (exact) mass is 256 g/mol. The van der Waals surface area contributed by atoms with Crippen molar-refractivity contribution in [2.45, 2.75) is 6.54 Å². The van der Waals surface area contributed by atoms with Gasteiger partial charge in [0.2, 0.25) is 0 Å². The summed E-state index contributed by atoms with van der Waals surface area (Å²) in [7, 11) is 0. The Morgan fingerprint density at radius 1 is 1.32 bits per heavy atom. The highest BCUT2D eigenvalue weighted by Gasteiger charge is 2.05. The quantitative estimate of drug-likeness (QED) is 0.489. The number of hydrogen-bond donors (Lipinski definition) is 2. The normalized spacial score (nSPS) is 10.5. The van der Waals surface area contributed by atoms with Crippen LogP contribution in [0, 0.1) is 0 Å². The predicted octanol–water partition coefficient (Wildman–Crippen LogP) is 1.21. The summed E-state index contributed by atoms with van der Waals surface area (Å²) in [6.07, 6.45) is 4.28. The lowest BCUT2D eigenvalue weighted by Crippen LogP contribution is -2.23. The molecule has 0 atom stereocenters. The van der Waals surface area contributed by atoms with Gasteiger partial charge in [-0.05, 0) is 24.3 Å². The Balaban J connectivity index is 1.96. The number of nitrogens with one attached hydrogen (secondary N) is 1. The van der Waals surface area contributed by atoms with E-state index in [1.165, 1.54) is 12.4 Å². The van der Waals surface area contributed by atoms with Crippen molar-refractivity contribution in [3.05, 3.63) is 59.7 Å². The smallest absolute Gasteiger partial charge is 0.253 e. The van der Waals surface area contributed by atoms with Gasteiger partial charge in [0.25, 0.3) is 5.91 Å². The molecule has 2 N–H and O–H groups in total. The van der Waals surface area contributed by atoms with Gasteiger partial charge >= 0.3 is 0 Å². The first-order valence-electron chi connectivity index (χ1n) is 5.61. The molecule has 2 heterocycles. The zero-order valence-corrected chi connectivity index (χ0v) is 10.0. The van der Waals surface area contributed by atoms with E-state index in [2.05, 4.69) is 20.4 Å². The molecule has 6 heteroatoms. The molecular formula is C13H12N4O2. The number of amides is 1. The first-order chi connectivity index (χ1) is 9.29. The maximum absolute atomic E-state index is 11.8. The van der Waals surface area contributed by atoms with Gasteiger partial charge in [0.15, 0.2) is 0 Å². The molecule has 0 spiro atoms. The summed E-state index contributed by atoms with van der Waals surface area (Å²) >= 11 is 0. The van der Waals surface area contributed by atoms with E-state index >= 15 is 0 Å². The van der Waals surface area contributed by atoms with Crippen LogP contribution >= 0.6 is 0 Å². The lowest BCUT2D eigenvalue weighted by Gasteiger charge is -2.04. The molecule has 0 aliphatic heterocycles. The van der Waals surface area contributed by atoms with Gasteiger partial charge in [0, 0.05) is 12.4 Å². The van der Waals surface area contributed by atoms with E-state index in [4.69, 9.17) is 5.21 Å². The first kappa shape index (κ1) is 12.7. The average Bonchev–Trinajstić information content (AvgIpc) is 2.47. The van der Waals surface area contributed by atoms with Crippen molar-refractivity contribution < 1.29 is 10.0 Å². The number of carbonyl (C=O) groups excluding carboxylic acids is 1. The average molecular weight is 256 g/mol. The molecule has 19 heavy (non-hydrogen) atoms. The fraction of sp³-hybridized carbons (Fsp3) is 0.0769. The fourth-order valence-electron chi connectivity index (χ4n) is 1.45. The number of carbonyl (C=O) groups is 1. The van der Waals surface area contributed by atoms with Crippen LogP contribution in [0.2, 0.25) is 0 Å². The molecule has 2 aromatic heterocycles. The third-order valence-electron chi connectivity index (χ3n) is 2.39. The number of oxime groups is 1. The number of nitrogens with zero attached hydrogens (tertiary/aromatic N) is 3. The molecule has 0 aliphatic rings. The van der Waals surface area contributed by atoms with Crippen LogP contribution in [0.1, 0.15) is 21.7 Å². The summed E-state index contributed by atoms with van der Waals surface area (Å²) in [6.45, 7) is 0.361. The second kappa shape index (κ2) is 6.25. The van der Waals surface area contributed by atoms with E-state index in [9.17, 15) is 4.79 Å². The van der Waals surface area contributed by atoms with E-state index < -0.39 is 0 Å². The molecule has 0 radical (unpaired) electrons. The van der Waals surface area contributed by atoms with Gasteiger partial charge in [-0.15, -0.1) is 0 Å². The fourth-order valence-corrected chi connectivity index (χ4v) is 1.45. The van der Waals surface area contributed by atoms with Gasteiger partial charge in [-0.2, -0.15) is 0 Å². The summed E-state index contributed by atoms with van der Waals surface area (Å²) in [5.41, 5.74) is 1.70. The summed E-state index contributed by atoms with van der Waals surface area (Å²) in [6, 6.07) is 8.71. The summed E-state index contributed by atoms with van der Waals surface area (Å²) in [4.78, 5) is 19.9. The molecule has 0 fully saturated rings. The first-order valence-corrected chi connectivity index (χ1v) is 5.61. The van der Waals surface area contributed by atoms with E-state index in [0.29, 0.717) is 17.8 Å². The van der Waals surface area contributed by atoms with Crippen molar-refractivity contribution in [2.24, 2.45) is 5.16 Å². The van der Waals surface area contributed by atoms with Gasteiger partial charge in [-0.25, -0.2) is 0 Å². The molecule has 0 unspecified atom stereocenters. The molecule has 6 nitrogen and oxygen atoms in total. The number of aromatic nitrogens is 2. The van der Waals surface area contributed by atoms with Crippen LogP contribution in [0.3, 0.4) is 0 Å². The molecule has 96 valence electrons. The molecule has 2 aromatic rings. The van der Waals surface area contributed by atoms with Crippen LogP contribution in [0.25, 0.3) is 0 Å². The van der Waals surface area contributed by atoms with Gasteiger partial charge in [-0.1, -0.05) is 11.2 Å². The van der Waals surface area contributed by atoms with Gasteiger partial charge < -0.3 is 10.5 Å². The van der Waals surface area contributed by atoms with Crippen LogP contribution < -0.4 is 5.32 Å². The molecule has 0 saturated carbocycles. The minimum absolute atomic E-state index is 0.231. The van der Waals surface area contributed by atoms with Crippen molar-refractivity contribution in [3.8, 4) is 0 Å². The molecule has 2 rings (SSSR count). The maximum Gasteiger partial charge on any atom is 0.253 e. The molecule has 0 aliphatic carbocycles. The van der Waals surface area contributed by atoms with Crippen LogP contribution in [0.4, 0.5) is 0 Å². The van der Waals surface area contributed by atoms with Crippen LogP contribution in [-0.2, 0) is 6.54 Å². The molecule has 0 aromatic carbocycles. The van der Waals surface area contributed by atoms with Crippen LogP contribution in [-0.4, -0.2) is 27.3 Å².